The van der Waals surface area contributed by atoms with E-state index < -0.39 is 16.0 Å². The molecular formula is C15H17NO5S2. The maximum atomic E-state index is 12.4. The Morgan fingerprint density at radius 2 is 1.91 bits per heavy atom. The summed E-state index contributed by atoms with van der Waals surface area (Å²) >= 11 is 1.05. The molecular weight excluding hydrogens is 338 g/mol. The molecule has 0 bridgehead atoms. The zero-order valence-electron chi connectivity index (χ0n) is 13.0. The third-order valence-corrected chi connectivity index (χ3v) is 5.63. The molecule has 1 N–H and O–H groups in total. The minimum Gasteiger partial charge on any atom is -0.497 e. The van der Waals surface area contributed by atoms with E-state index in [1.165, 1.54) is 19.2 Å². The first-order chi connectivity index (χ1) is 10.9. The van der Waals surface area contributed by atoms with Crippen molar-refractivity contribution in [3.05, 3.63) is 40.8 Å². The van der Waals surface area contributed by atoms with Gasteiger partial charge in [-0.2, -0.15) is 0 Å². The SMILES string of the molecule is CCOC(=O)c1sc(NS(=O)(=O)c2ccc(OC)cc2)cc1C. The van der Waals surface area contributed by atoms with Crippen LogP contribution in [0.2, 0.25) is 0 Å². The number of thiophene rings is 1. The highest BCUT2D eigenvalue weighted by Crippen LogP contribution is 2.29. The molecule has 1 heterocycles. The van der Waals surface area contributed by atoms with Crippen molar-refractivity contribution in [3.63, 3.8) is 0 Å². The van der Waals surface area contributed by atoms with Crippen LogP contribution in [0, 0.1) is 6.92 Å². The molecule has 0 atom stereocenters. The van der Waals surface area contributed by atoms with E-state index in [0.29, 0.717) is 21.2 Å². The summed E-state index contributed by atoms with van der Waals surface area (Å²) in [4.78, 5) is 12.3. The van der Waals surface area contributed by atoms with Gasteiger partial charge in [0, 0.05) is 0 Å². The monoisotopic (exact) mass is 355 g/mol. The average Bonchev–Trinajstić information content (AvgIpc) is 2.87. The van der Waals surface area contributed by atoms with Gasteiger partial charge in [-0.15, -0.1) is 11.3 Å². The van der Waals surface area contributed by atoms with Gasteiger partial charge in [-0.1, -0.05) is 0 Å². The minimum atomic E-state index is -3.73. The van der Waals surface area contributed by atoms with Crippen molar-refractivity contribution in [1.82, 2.24) is 0 Å². The summed E-state index contributed by atoms with van der Waals surface area (Å²) in [6.07, 6.45) is 0. The van der Waals surface area contributed by atoms with Crippen molar-refractivity contribution in [2.24, 2.45) is 0 Å². The molecule has 0 aliphatic carbocycles. The van der Waals surface area contributed by atoms with Crippen molar-refractivity contribution >= 4 is 32.3 Å². The van der Waals surface area contributed by atoms with Gasteiger partial charge < -0.3 is 9.47 Å². The van der Waals surface area contributed by atoms with Crippen molar-refractivity contribution in [3.8, 4) is 5.75 Å². The van der Waals surface area contributed by atoms with Crippen LogP contribution in [-0.2, 0) is 14.8 Å². The van der Waals surface area contributed by atoms with E-state index in [9.17, 15) is 13.2 Å². The quantitative estimate of drug-likeness (QED) is 0.806. The predicted octanol–water partition coefficient (Wildman–Crippen LogP) is 3.04. The van der Waals surface area contributed by atoms with Crippen molar-refractivity contribution in [2.75, 3.05) is 18.4 Å². The largest absolute Gasteiger partial charge is 0.497 e. The van der Waals surface area contributed by atoms with Crippen molar-refractivity contribution < 1.29 is 22.7 Å². The summed E-state index contributed by atoms with van der Waals surface area (Å²) < 4.78 is 37.1. The fraction of sp³-hybridized carbons (Fsp3) is 0.267. The Labute approximate surface area is 139 Å². The molecule has 0 saturated carbocycles. The summed E-state index contributed by atoms with van der Waals surface area (Å²) in [6.45, 7) is 3.71. The second-order valence-corrected chi connectivity index (χ2v) is 7.36. The van der Waals surface area contributed by atoms with Gasteiger partial charge in [-0.3, -0.25) is 4.72 Å². The fourth-order valence-electron chi connectivity index (χ4n) is 1.88. The number of methoxy groups -OCH3 is 1. The Bertz CT molecular complexity index is 794. The third kappa shape index (κ3) is 4.02. The summed E-state index contributed by atoms with van der Waals surface area (Å²) in [7, 11) is -2.22. The highest BCUT2D eigenvalue weighted by molar-refractivity contribution is 7.93. The molecule has 2 aromatic rings. The second kappa shape index (κ2) is 7.01. The number of hydrogen-bond acceptors (Lipinski definition) is 6. The Kier molecular flexibility index (Phi) is 5.27. The highest BCUT2D eigenvalue weighted by atomic mass is 32.2. The van der Waals surface area contributed by atoms with Crippen LogP contribution >= 0.6 is 11.3 Å². The average molecular weight is 355 g/mol. The summed E-state index contributed by atoms with van der Waals surface area (Å²) in [5, 5.41) is 0.362. The molecule has 0 unspecified atom stereocenters. The van der Waals surface area contributed by atoms with Crippen LogP contribution in [0.1, 0.15) is 22.2 Å². The van der Waals surface area contributed by atoms with Gasteiger partial charge >= 0.3 is 5.97 Å². The van der Waals surface area contributed by atoms with Gasteiger partial charge in [-0.25, -0.2) is 13.2 Å². The van der Waals surface area contributed by atoms with Crippen LogP contribution in [0.15, 0.2) is 35.2 Å². The van der Waals surface area contributed by atoms with Crippen LogP contribution in [0.5, 0.6) is 5.75 Å². The zero-order chi connectivity index (χ0) is 17.0. The van der Waals surface area contributed by atoms with Crippen LogP contribution in [0.3, 0.4) is 0 Å². The number of esters is 1. The topological polar surface area (TPSA) is 81.7 Å². The van der Waals surface area contributed by atoms with Crippen molar-refractivity contribution in [2.45, 2.75) is 18.7 Å². The summed E-state index contributed by atoms with van der Waals surface area (Å²) in [5.74, 6) is 0.116. The van der Waals surface area contributed by atoms with Gasteiger partial charge in [0.05, 0.1) is 18.6 Å². The number of sulfonamides is 1. The molecule has 0 aliphatic heterocycles. The lowest BCUT2D eigenvalue weighted by atomic mass is 10.3. The lowest BCUT2D eigenvalue weighted by Gasteiger charge is -2.06. The highest BCUT2D eigenvalue weighted by Gasteiger charge is 2.19. The number of carbonyl (C=O) groups is 1. The second-order valence-electron chi connectivity index (χ2n) is 4.62. The van der Waals surface area contributed by atoms with E-state index in [1.54, 1.807) is 32.0 Å². The zero-order valence-corrected chi connectivity index (χ0v) is 14.6. The number of aryl methyl sites for hydroxylation is 1. The van der Waals surface area contributed by atoms with E-state index in [-0.39, 0.29) is 11.5 Å². The van der Waals surface area contributed by atoms with Crippen LogP contribution < -0.4 is 9.46 Å². The molecule has 2 rings (SSSR count). The molecule has 0 saturated heterocycles. The standard InChI is InChI=1S/C15H17NO5S2/c1-4-21-15(17)14-10(2)9-13(22-14)16-23(18,19)12-7-5-11(20-3)6-8-12/h5-9,16H,4H2,1-3H3. The van der Waals surface area contributed by atoms with E-state index in [1.807, 2.05) is 0 Å². The Morgan fingerprint density at radius 3 is 2.48 bits per heavy atom. The van der Waals surface area contributed by atoms with Crippen LogP contribution in [0.25, 0.3) is 0 Å². The first-order valence-corrected chi connectivity index (χ1v) is 9.11. The molecule has 0 fully saturated rings. The van der Waals surface area contributed by atoms with E-state index in [4.69, 9.17) is 9.47 Å². The summed E-state index contributed by atoms with van der Waals surface area (Å²) in [5.41, 5.74) is 0.667. The van der Waals surface area contributed by atoms with Gasteiger partial charge in [0.15, 0.2) is 0 Å². The Hall–Kier alpha value is -2.06. The number of carbonyl (C=O) groups excluding carboxylic acids is 1. The normalized spacial score (nSPS) is 11.1. The molecule has 0 amide bonds. The van der Waals surface area contributed by atoms with Crippen LogP contribution in [0.4, 0.5) is 5.00 Å². The molecule has 1 aromatic carbocycles. The Morgan fingerprint density at radius 1 is 1.26 bits per heavy atom. The lowest BCUT2D eigenvalue weighted by molar-refractivity contribution is 0.0531. The Balaban J connectivity index is 2.23. The number of nitrogens with one attached hydrogen (secondary N) is 1. The molecule has 0 spiro atoms. The first-order valence-electron chi connectivity index (χ1n) is 6.81. The van der Waals surface area contributed by atoms with E-state index >= 15 is 0 Å². The molecule has 0 radical (unpaired) electrons. The van der Waals surface area contributed by atoms with Gasteiger partial charge in [0.2, 0.25) is 0 Å². The summed E-state index contributed by atoms with van der Waals surface area (Å²) in [6, 6.07) is 7.65. The van der Waals surface area contributed by atoms with Gasteiger partial charge in [-0.05, 0) is 49.7 Å². The maximum Gasteiger partial charge on any atom is 0.348 e. The smallest absolute Gasteiger partial charge is 0.348 e. The van der Waals surface area contributed by atoms with E-state index in [2.05, 4.69) is 4.72 Å². The third-order valence-electron chi connectivity index (χ3n) is 2.98. The molecule has 8 heteroatoms. The molecule has 6 nitrogen and oxygen atoms in total. The van der Waals surface area contributed by atoms with E-state index in [0.717, 1.165) is 11.3 Å². The predicted molar refractivity (Wildman–Crippen MR) is 88.8 cm³/mol. The molecule has 23 heavy (non-hydrogen) atoms. The van der Waals surface area contributed by atoms with Crippen LogP contribution in [-0.4, -0.2) is 28.1 Å². The molecule has 124 valence electrons. The van der Waals surface area contributed by atoms with Gasteiger partial charge in [0.1, 0.15) is 15.6 Å². The number of hydrogen-bond donors (Lipinski definition) is 1. The van der Waals surface area contributed by atoms with Gasteiger partial charge in [0.25, 0.3) is 10.0 Å². The fourth-order valence-corrected chi connectivity index (χ4v) is 4.13. The number of anilines is 1. The maximum absolute atomic E-state index is 12.4. The minimum absolute atomic E-state index is 0.113. The van der Waals surface area contributed by atoms with Crippen molar-refractivity contribution in [1.29, 1.82) is 0 Å². The number of ether oxygens (including phenoxy) is 2. The number of benzene rings is 1. The first kappa shape index (κ1) is 17.3. The molecule has 0 aliphatic rings. The number of rotatable bonds is 6. The molecule has 1 aromatic heterocycles. The lowest BCUT2D eigenvalue weighted by Crippen LogP contribution is -2.11.